The topological polar surface area (TPSA) is 80.9 Å². The zero-order chi connectivity index (χ0) is 25.6. The number of hydrogen-bond acceptors (Lipinski definition) is 5. The normalized spacial score (nSPS) is 18.1. The van der Waals surface area contributed by atoms with E-state index in [1.807, 2.05) is 6.07 Å². The van der Waals surface area contributed by atoms with Crippen LogP contribution in [-0.4, -0.2) is 43.1 Å². The highest BCUT2D eigenvalue weighted by atomic mass is 16.1. The van der Waals surface area contributed by atoms with Crippen LogP contribution in [0.2, 0.25) is 0 Å². The Kier molecular flexibility index (Phi) is 5.75. The van der Waals surface area contributed by atoms with Crippen molar-refractivity contribution in [3.05, 3.63) is 54.6 Å². The number of aryl methyl sites for hydroxylation is 3. The van der Waals surface area contributed by atoms with Crippen LogP contribution in [0, 0.1) is 5.92 Å². The van der Waals surface area contributed by atoms with Gasteiger partial charge in [-0.25, -0.2) is 15.0 Å². The van der Waals surface area contributed by atoms with Crippen LogP contribution in [0.1, 0.15) is 44.9 Å². The lowest BCUT2D eigenvalue weighted by Crippen LogP contribution is -2.41. The average molecular weight is 508 g/mol. The number of nitrogens with one attached hydrogen (secondary N) is 1. The van der Waals surface area contributed by atoms with Crippen LogP contribution in [0.3, 0.4) is 0 Å². The third kappa shape index (κ3) is 3.81. The summed E-state index contributed by atoms with van der Waals surface area (Å²) in [5.41, 5.74) is 5.08. The Balaban J connectivity index is 1.14. The monoisotopic (exact) mass is 507 g/mol. The number of aromatic nitrogens is 5. The molecule has 3 aromatic heterocycles. The van der Waals surface area contributed by atoms with Gasteiger partial charge in [0.25, 0.3) is 0 Å². The van der Waals surface area contributed by atoms with Gasteiger partial charge in [-0.2, -0.15) is 0 Å². The molecular weight excluding hydrogens is 474 g/mol. The fraction of sp³-hybridized carbons (Fsp3) is 0.400. The van der Waals surface area contributed by atoms with Gasteiger partial charge in [0.2, 0.25) is 5.91 Å². The summed E-state index contributed by atoms with van der Waals surface area (Å²) in [4.78, 5) is 29.9. The van der Waals surface area contributed by atoms with E-state index in [9.17, 15) is 4.79 Å². The lowest BCUT2D eigenvalue weighted by molar-refractivity contribution is -0.120. The number of carbonyl (C=O) groups is 1. The van der Waals surface area contributed by atoms with Crippen molar-refractivity contribution < 1.29 is 4.79 Å². The molecule has 0 saturated carbocycles. The second-order valence-corrected chi connectivity index (χ2v) is 10.6. The summed E-state index contributed by atoms with van der Waals surface area (Å²) in [7, 11) is 0. The number of fused-ring (bicyclic) bond motifs is 6. The molecule has 0 radical (unpaired) electrons. The molecule has 2 aliphatic rings. The van der Waals surface area contributed by atoms with Gasteiger partial charge in [-0.3, -0.25) is 4.79 Å². The molecule has 1 atom stereocenters. The quantitative estimate of drug-likeness (QED) is 0.346. The Morgan fingerprint density at radius 1 is 1.00 bits per heavy atom. The molecule has 8 nitrogen and oxygen atoms in total. The highest BCUT2D eigenvalue weighted by Crippen LogP contribution is 2.32. The molecule has 5 heterocycles. The third-order valence-corrected chi connectivity index (χ3v) is 8.32. The smallest absolute Gasteiger partial charge is 0.229 e. The minimum absolute atomic E-state index is 0.0687. The van der Waals surface area contributed by atoms with Crippen molar-refractivity contribution >= 4 is 50.4 Å². The molecule has 2 aromatic carbocycles. The van der Waals surface area contributed by atoms with Crippen molar-refractivity contribution in [3.63, 3.8) is 0 Å². The first-order valence-electron chi connectivity index (χ1n) is 14.0. The summed E-state index contributed by atoms with van der Waals surface area (Å²) in [6.07, 6.45) is 8.02. The first-order chi connectivity index (χ1) is 18.7. The molecule has 0 spiro atoms. The Hall–Kier alpha value is -3.94. The van der Waals surface area contributed by atoms with Gasteiger partial charge in [0.05, 0.1) is 5.92 Å². The number of anilines is 2. The summed E-state index contributed by atoms with van der Waals surface area (Å²) >= 11 is 0. The Morgan fingerprint density at radius 2 is 1.89 bits per heavy atom. The van der Waals surface area contributed by atoms with Gasteiger partial charge in [0, 0.05) is 60.1 Å². The molecule has 1 fully saturated rings. The SMILES string of the molecule is CCn1c2ccccc2c2cc(NC(=O)C3CCCN(c4ncnc5c4nc4n5CCCCC4)C3)ccc21. The van der Waals surface area contributed by atoms with E-state index in [0.717, 1.165) is 73.8 Å². The van der Waals surface area contributed by atoms with Gasteiger partial charge in [0.15, 0.2) is 17.0 Å². The van der Waals surface area contributed by atoms with Crippen LogP contribution < -0.4 is 10.2 Å². The summed E-state index contributed by atoms with van der Waals surface area (Å²) in [6, 6.07) is 14.7. The fourth-order valence-corrected chi connectivity index (χ4v) is 6.46. The number of piperidine rings is 1. The van der Waals surface area contributed by atoms with E-state index in [0.29, 0.717) is 6.54 Å². The number of imidazole rings is 1. The van der Waals surface area contributed by atoms with Crippen molar-refractivity contribution in [1.82, 2.24) is 24.1 Å². The predicted molar refractivity (Wildman–Crippen MR) is 152 cm³/mol. The minimum Gasteiger partial charge on any atom is -0.354 e. The first kappa shape index (κ1) is 23.2. The second-order valence-electron chi connectivity index (χ2n) is 10.6. The van der Waals surface area contributed by atoms with Gasteiger partial charge in [0.1, 0.15) is 12.2 Å². The highest BCUT2D eigenvalue weighted by Gasteiger charge is 2.29. The number of nitrogens with zero attached hydrogens (tertiary/aromatic N) is 6. The maximum atomic E-state index is 13.5. The molecule has 0 bridgehead atoms. The van der Waals surface area contributed by atoms with Crippen molar-refractivity contribution in [1.29, 1.82) is 0 Å². The number of carbonyl (C=O) groups excluding carboxylic acids is 1. The molecule has 0 aliphatic carbocycles. The van der Waals surface area contributed by atoms with E-state index >= 15 is 0 Å². The minimum atomic E-state index is -0.109. The van der Waals surface area contributed by atoms with Gasteiger partial charge in [-0.05, 0) is 56.9 Å². The molecule has 1 N–H and O–H groups in total. The van der Waals surface area contributed by atoms with Crippen LogP contribution in [0.4, 0.5) is 11.5 Å². The van der Waals surface area contributed by atoms with E-state index < -0.39 is 0 Å². The molecule has 1 saturated heterocycles. The maximum absolute atomic E-state index is 13.5. The highest BCUT2D eigenvalue weighted by molar-refractivity contribution is 6.10. The van der Waals surface area contributed by atoms with Gasteiger partial charge < -0.3 is 19.4 Å². The largest absolute Gasteiger partial charge is 0.354 e. The molecule has 8 heteroatoms. The van der Waals surface area contributed by atoms with E-state index in [1.165, 1.54) is 34.6 Å². The van der Waals surface area contributed by atoms with Crippen molar-refractivity contribution in [2.24, 2.45) is 5.92 Å². The van der Waals surface area contributed by atoms with Gasteiger partial charge >= 0.3 is 0 Å². The number of benzene rings is 2. The molecule has 2 aliphatic heterocycles. The van der Waals surface area contributed by atoms with Crippen LogP contribution in [-0.2, 0) is 24.3 Å². The Morgan fingerprint density at radius 3 is 2.82 bits per heavy atom. The zero-order valence-corrected chi connectivity index (χ0v) is 21.9. The molecule has 38 heavy (non-hydrogen) atoms. The van der Waals surface area contributed by atoms with E-state index in [1.54, 1.807) is 6.33 Å². The summed E-state index contributed by atoms with van der Waals surface area (Å²) in [5.74, 6) is 1.94. The van der Waals surface area contributed by atoms with Crippen LogP contribution in [0.25, 0.3) is 33.0 Å². The number of para-hydroxylation sites is 1. The van der Waals surface area contributed by atoms with E-state index in [2.05, 4.69) is 72.6 Å². The molecule has 194 valence electrons. The number of hydrogen-bond donors (Lipinski definition) is 1. The summed E-state index contributed by atoms with van der Waals surface area (Å²) in [5, 5.41) is 5.62. The molecule has 1 unspecified atom stereocenters. The fourth-order valence-electron chi connectivity index (χ4n) is 6.46. The summed E-state index contributed by atoms with van der Waals surface area (Å²) < 4.78 is 4.60. The number of amides is 1. The Bertz CT molecular complexity index is 1670. The Labute approximate surface area is 221 Å². The number of rotatable bonds is 4. The molecule has 5 aromatic rings. The van der Waals surface area contributed by atoms with E-state index in [4.69, 9.17) is 4.98 Å². The molecular formula is C30H33N7O. The van der Waals surface area contributed by atoms with Crippen molar-refractivity contribution in [2.75, 3.05) is 23.3 Å². The van der Waals surface area contributed by atoms with Crippen LogP contribution in [0.15, 0.2) is 48.8 Å². The van der Waals surface area contributed by atoms with E-state index in [-0.39, 0.29) is 11.8 Å². The average Bonchev–Trinajstić information content (AvgIpc) is 3.37. The summed E-state index contributed by atoms with van der Waals surface area (Å²) in [6.45, 7) is 5.55. The lowest BCUT2D eigenvalue weighted by atomic mass is 9.97. The first-order valence-corrected chi connectivity index (χ1v) is 14.0. The molecule has 7 rings (SSSR count). The molecule has 1 amide bonds. The van der Waals surface area contributed by atoms with Gasteiger partial charge in [-0.1, -0.05) is 24.6 Å². The second kappa shape index (κ2) is 9.42. The van der Waals surface area contributed by atoms with Crippen LogP contribution in [0.5, 0.6) is 0 Å². The van der Waals surface area contributed by atoms with Crippen molar-refractivity contribution in [2.45, 2.75) is 58.5 Å². The standard InChI is InChI=1S/C30H33N7O/c1-2-36-24-11-6-5-10-22(24)23-17-21(13-14-25(23)36)33-30(38)20-9-8-15-35(18-20)28-27-29(32-19-31-28)37-16-7-3-4-12-26(37)34-27/h5-6,10-11,13-14,17,19-20H,2-4,7-9,12,15-16,18H2,1H3,(H,33,38). The lowest BCUT2D eigenvalue weighted by Gasteiger charge is -2.32. The predicted octanol–water partition coefficient (Wildman–Crippen LogP) is 5.54. The zero-order valence-electron chi connectivity index (χ0n) is 21.9. The maximum Gasteiger partial charge on any atom is 0.229 e. The third-order valence-electron chi connectivity index (χ3n) is 8.32. The van der Waals surface area contributed by atoms with Gasteiger partial charge in [-0.15, -0.1) is 0 Å². The van der Waals surface area contributed by atoms with Crippen LogP contribution >= 0.6 is 0 Å². The van der Waals surface area contributed by atoms with Crippen molar-refractivity contribution in [3.8, 4) is 0 Å².